The number of rotatable bonds is 3. The van der Waals surface area contributed by atoms with E-state index in [1.165, 1.54) is 16.3 Å². The van der Waals surface area contributed by atoms with E-state index in [9.17, 15) is 0 Å². The van der Waals surface area contributed by atoms with Crippen LogP contribution in [-0.2, 0) is 0 Å². The van der Waals surface area contributed by atoms with E-state index >= 15 is 0 Å². The Morgan fingerprint density at radius 2 is 1.67 bits per heavy atom. The van der Waals surface area contributed by atoms with Crippen molar-refractivity contribution in [1.82, 2.24) is 4.98 Å². The highest BCUT2D eigenvalue weighted by atomic mass is 16.5. The second kappa shape index (κ2) is 6.17. The van der Waals surface area contributed by atoms with Crippen LogP contribution < -0.4 is 4.74 Å². The van der Waals surface area contributed by atoms with Crippen LogP contribution in [-0.4, -0.2) is 12.1 Å². The average molecular weight is 311 g/mol. The van der Waals surface area contributed by atoms with E-state index in [1.54, 1.807) is 7.11 Å². The summed E-state index contributed by atoms with van der Waals surface area (Å²) in [5.41, 5.74) is 3.32. The van der Waals surface area contributed by atoms with Gasteiger partial charge in [-0.25, -0.2) is 0 Å². The summed E-state index contributed by atoms with van der Waals surface area (Å²) in [6.45, 7) is 0. The number of aromatic nitrogens is 1. The van der Waals surface area contributed by atoms with Crippen LogP contribution in [0.1, 0.15) is 11.1 Å². The van der Waals surface area contributed by atoms with Gasteiger partial charge in [-0.1, -0.05) is 60.7 Å². The van der Waals surface area contributed by atoms with Crippen molar-refractivity contribution in [3.05, 3.63) is 84.1 Å². The summed E-state index contributed by atoms with van der Waals surface area (Å²) in [6.07, 6.45) is 6.11. The Hall–Kier alpha value is -3.13. The summed E-state index contributed by atoms with van der Waals surface area (Å²) < 4.78 is 5.29. The standard InChI is InChI=1S/C22H17NO/c1-24-20-9-2-5-16(15-20)10-11-17-6-3-7-18-12-13-19-8-4-14-23-22(19)21(17)18/h2-15H,1H3/b11-10+. The molecular formula is C22H17NO. The molecule has 0 fully saturated rings. The van der Waals surface area contributed by atoms with E-state index in [0.29, 0.717) is 0 Å². The molecule has 0 amide bonds. The lowest BCUT2D eigenvalue weighted by Gasteiger charge is -2.06. The number of hydrogen-bond acceptors (Lipinski definition) is 2. The van der Waals surface area contributed by atoms with E-state index in [-0.39, 0.29) is 0 Å². The number of benzene rings is 3. The first kappa shape index (κ1) is 14.5. The van der Waals surface area contributed by atoms with E-state index in [0.717, 1.165) is 22.2 Å². The summed E-state index contributed by atoms with van der Waals surface area (Å²) >= 11 is 0. The smallest absolute Gasteiger partial charge is 0.119 e. The molecule has 0 saturated carbocycles. The molecule has 0 atom stereocenters. The molecule has 0 aliphatic heterocycles. The van der Waals surface area contributed by atoms with Crippen LogP contribution in [0, 0.1) is 0 Å². The zero-order chi connectivity index (χ0) is 16.4. The zero-order valence-corrected chi connectivity index (χ0v) is 13.4. The van der Waals surface area contributed by atoms with E-state index in [4.69, 9.17) is 4.74 Å². The van der Waals surface area contributed by atoms with Crippen molar-refractivity contribution < 1.29 is 4.74 Å². The number of ether oxygens (including phenoxy) is 1. The lowest BCUT2D eigenvalue weighted by Crippen LogP contribution is -1.85. The number of nitrogens with zero attached hydrogens (tertiary/aromatic N) is 1. The topological polar surface area (TPSA) is 22.1 Å². The van der Waals surface area contributed by atoms with Gasteiger partial charge in [-0.3, -0.25) is 4.98 Å². The van der Waals surface area contributed by atoms with Crippen molar-refractivity contribution in [2.45, 2.75) is 0 Å². The number of methoxy groups -OCH3 is 1. The van der Waals surface area contributed by atoms with Gasteiger partial charge >= 0.3 is 0 Å². The molecule has 0 radical (unpaired) electrons. The fourth-order valence-corrected chi connectivity index (χ4v) is 3.01. The fraction of sp³-hybridized carbons (Fsp3) is 0.0455. The molecule has 0 spiro atoms. The first-order valence-corrected chi connectivity index (χ1v) is 7.94. The van der Waals surface area contributed by atoms with Crippen molar-refractivity contribution in [3.63, 3.8) is 0 Å². The molecule has 1 aromatic heterocycles. The lowest BCUT2D eigenvalue weighted by atomic mass is 10.00. The largest absolute Gasteiger partial charge is 0.497 e. The number of fused-ring (bicyclic) bond motifs is 3. The molecule has 2 heteroatoms. The molecule has 116 valence electrons. The van der Waals surface area contributed by atoms with Gasteiger partial charge in [0, 0.05) is 17.0 Å². The van der Waals surface area contributed by atoms with Crippen LogP contribution in [0.25, 0.3) is 33.8 Å². The summed E-state index contributed by atoms with van der Waals surface area (Å²) in [7, 11) is 1.69. The third-order valence-electron chi connectivity index (χ3n) is 4.20. The maximum absolute atomic E-state index is 5.29. The quantitative estimate of drug-likeness (QED) is 0.364. The van der Waals surface area contributed by atoms with E-state index < -0.39 is 0 Å². The zero-order valence-electron chi connectivity index (χ0n) is 13.4. The Kier molecular flexibility index (Phi) is 3.72. The minimum Gasteiger partial charge on any atom is -0.497 e. The Balaban J connectivity index is 1.87. The minimum atomic E-state index is 0.863. The molecule has 0 bridgehead atoms. The van der Waals surface area contributed by atoms with Crippen LogP contribution in [0.15, 0.2) is 72.9 Å². The monoisotopic (exact) mass is 311 g/mol. The summed E-state index contributed by atoms with van der Waals surface area (Å²) in [5.74, 6) is 0.863. The molecule has 0 aliphatic carbocycles. The van der Waals surface area contributed by atoms with Gasteiger partial charge in [0.25, 0.3) is 0 Å². The van der Waals surface area contributed by atoms with Gasteiger partial charge in [0.1, 0.15) is 5.75 Å². The highest BCUT2D eigenvalue weighted by Crippen LogP contribution is 2.28. The first-order valence-electron chi connectivity index (χ1n) is 7.94. The SMILES string of the molecule is COc1cccc(/C=C/c2cccc3ccc4cccnc4c23)c1. The van der Waals surface area contributed by atoms with Crippen LogP contribution in [0.5, 0.6) is 5.75 Å². The second-order valence-corrected chi connectivity index (χ2v) is 5.70. The Bertz CT molecular complexity index is 1050. The predicted octanol–water partition coefficient (Wildman–Crippen LogP) is 5.57. The third kappa shape index (κ3) is 2.63. The van der Waals surface area contributed by atoms with Crippen LogP contribution in [0.3, 0.4) is 0 Å². The molecular weight excluding hydrogens is 294 g/mol. The molecule has 0 unspecified atom stereocenters. The Labute approximate surface area is 141 Å². The fourth-order valence-electron chi connectivity index (χ4n) is 3.01. The summed E-state index contributed by atoms with van der Waals surface area (Å²) in [5, 5.41) is 3.55. The molecule has 2 nitrogen and oxygen atoms in total. The van der Waals surface area contributed by atoms with Crippen molar-refractivity contribution in [2.75, 3.05) is 7.11 Å². The van der Waals surface area contributed by atoms with E-state index in [1.807, 2.05) is 30.5 Å². The molecule has 0 N–H and O–H groups in total. The van der Waals surface area contributed by atoms with Crippen molar-refractivity contribution in [2.24, 2.45) is 0 Å². The van der Waals surface area contributed by atoms with Crippen LogP contribution in [0.4, 0.5) is 0 Å². The van der Waals surface area contributed by atoms with Crippen LogP contribution >= 0.6 is 0 Å². The van der Waals surface area contributed by atoms with Gasteiger partial charge in [0.15, 0.2) is 0 Å². The third-order valence-corrected chi connectivity index (χ3v) is 4.20. The van der Waals surface area contributed by atoms with Gasteiger partial charge in [0.2, 0.25) is 0 Å². The van der Waals surface area contributed by atoms with Gasteiger partial charge in [0.05, 0.1) is 12.6 Å². The average Bonchev–Trinajstić information content (AvgIpc) is 2.66. The summed E-state index contributed by atoms with van der Waals surface area (Å²) in [6, 6.07) is 22.8. The molecule has 24 heavy (non-hydrogen) atoms. The lowest BCUT2D eigenvalue weighted by molar-refractivity contribution is 0.414. The van der Waals surface area contributed by atoms with Gasteiger partial charge < -0.3 is 4.74 Å². The Morgan fingerprint density at radius 3 is 2.58 bits per heavy atom. The highest BCUT2D eigenvalue weighted by Gasteiger charge is 2.04. The molecule has 1 heterocycles. The maximum atomic E-state index is 5.29. The van der Waals surface area contributed by atoms with Crippen molar-refractivity contribution >= 4 is 33.8 Å². The van der Waals surface area contributed by atoms with Crippen molar-refractivity contribution in [3.8, 4) is 5.75 Å². The predicted molar refractivity (Wildman–Crippen MR) is 101 cm³/mol. The van der Waals surface area contributed by atoms with Crippen molar-refractivity contribution in [1.29, 1.82) is 0 Å². The number of pyridine rings is 1. The maximum Gasteiger partial charge on any atom is 0.119 e. The minimum absolute atomic E-state index is 0.863. The van der Waals surface area contributed by atoms with Gasteiger partial charge in [-0.2, -0.15) is 0 Å². The van der Waals surface area contributed by atoms with Gasteiger partial charge in [-0.15, -0.1) is 0 Å². The van der Waals surface area contributed by atoms with E-state index in [2.05, 4.69) is 59.6 Å². The Morgan fingerprint density at radius 1 is 0.833 bits per heavy atom. The normalized spacial score (nSPS) is 11.4. The molecule has 0 aliphatic rings. The summed E-state index contributed by atoms with van der Waals surface area (Å²) in [4.78, 5) is 4.60. The molecule has 3 aromatic carbocycles. The molecule has 0 saturated heterocycles. The molecule has 4 rings (SSSR count). The van der Waals surface area contributed by atoms with Gasteiger partial charge in [-0.05, 0) is 34.7 Å². The second-order valence-electron chi connectivity index (χ2n) is 5.70. The highest BCUT2D eigenvalue weighted by molar-refractivity contribution is 6.09. The number of hydrogen-bond donors (Lipinski definition) is 0. The van der Waals surface area contributed by atoms with Crippen LogP contribution in [0.2, 0.25) is 0 Å². The molecule has 4 aromatic rings. The first-order chi connectivity index (χ1) is 11.8.